The molecule has 0 saturated carbocycles. The van der Waals surface area contributed by atoms with E-state index in [4.69, 9.17) is 0 Å². The summed E-state index contributed by atoms with van der Waals surface area (Å²) in [4.78, 5) is 41.6. The number of nitro groups is 1. The first-order valence-electron chi connectivity index (χ1n) is 5.80. The Balaban J connectivity index is 2.28. The maximum atomic E-state index is 12.0. The van der Waals surface area contributed by atoms with E-state index < -0.39 is 16.2 Å². The Morgan fingerprint density at radius 1 is 1.29 bits per heavy atom. The molecule has 1 N–H and O–H groups in total. The van der Waals surface area contributed by atoms with Gasteiger partial charge in [-0.1, -0.05) is 11.3 Å². The van der Waals surface area contributed by atoms with Gasteiger partial charge in [-0.05, 0) is 6.07 Å². The summed E-state index contributed by atoms with van der Waals surface area (Å²) in [6.07, 6.45) is 0. The minimum atomic E-state index is -0.494. The second kappa shape index (κ2) is 4.38. The molecule has 0 aliphatic carbocycles. The number of rotatable bonds is 2. The SMILES string of the molecule is Cn1c(=O)c2[nH]c(-c3ccc([N+](=O)[O-])s3)nc2n(C)c1=O. The number of imidazole rings is 1. The Bertz CT molecular complexity index is 992. The molecule has 0 aromatic carbocycles. The van der Waals surface area contributed by atoms with Crippen molar-refractivity contribution in [1.82, 2.24) is 19.1 Å². The van der Waals surface area contributed by atoms with Gasteiger partial charge in [-0.3, -0.25) is 24.0 Å². The molecule has 0 aliphatic heterocycles. The van der Waals surface area contributed by atoms with Crippen molar-refractivity contribution < 1.29 is 4.92 Å². The van der Waals surface area contributed by atoms with Crippen molar-refractivity contribution in [2.24, 2.45) is 14.1 Å². The Labute approximate surface area is 120 Å². The van der Waals surface area contributed by atoms with E-state index in [0.717, 1.165) is 15.9 Å². The number of aryl methyl sites for hydroxylation is 1. The standard InChI is InChI=1S/C11H9N5O4S/c1-14-9-7(10(17)15(2)11(14)18)12-8(13-9)5-3-4-6(21-5)16(19)20/h3-4H,1-2H3,(H,12,13). The fourth-order valence-corrected chi connectivity index (χ4v) is 2.76. The highest BCUT2D eigenvalue weighted by Gasteiger charge is 2.17. The Kier molecular flexibility index (Phi) is 2.76. The molecule has 0 atom stereocenters. The lowest BCUT2D eigenvalue weighted by atomic mass is 10.4. The van der Waals surface area contributed by atoms with Crippen LogP contribution in [0.5, 0.6) is 0 Å². The largest absolute Gasteiger partial charge is 0.332 e. The van der Waals surface area contributed by atoms with Crippen LogP contribution in [0.25, 0.3) is 21.9 Å². The van der Waals surface area contributed by atoms with Crippen molar-refractivity contribution >= 4 is 27.5 Å². The van der Waals surface area contributed by atoms with E-state index in [1.54, 1.807) is 6.07 Å². The molecule has 0 fully saturated rings. The average molecular weight is 307 g/mol. The molecule has 3 rings (SSSR count). The summed E-state index contributed by atoms with van der Waals surface area (Å²) in [5.74, 6) is 0.321. The lowest BCUT2D eigenvalue weighted by Crippen LogP contribution is -2.36. The summed E-state index contributed by atoms with van der Waals surface area (Å²) >= 11 is 0.940. The van der Waals surface area contributed by atoms with Crippen molar-refractivity contribution in [3.63, 3.8) is 0 Å². The third-order valence-corrected chi connectivity index (χ3v) is 4.14. The number of hydrogen-bond acceptors (Lipinski definition) is 6. The van der Waals surface area contributed by atoms with Crippen LogP contribution in [-0.2, 0) is 14.1 Å². The molecule has 0 aliphatic rings. The zero-order chi connectivity index (χ0) is 15.3. The number of thiophene rings is 1. The fourth-order valence-electron chi connectivity index (χ4n) is 2.00. The number of aromatic nitrogens is 4. The van der Waals surface area contributed by atoms with E-state index in [-0.39, 0.29) is 16.2 Å². The molecule has 0 radical (unpaired) electrons. The number of fused-ring (bicyclic) bond motifs is 1. The summed E-state index contributed by atoms with van der Waals surface area (Å²) in [6, 6.07) is 2.91. The molecule has 0 amide bonds. The molecule has 3 aromatic rings. The first-order valence-corrected chi connectivity index (χ1v) is 6.62. The molecule has 3 aromatic heterocycles. The molecule has 9 nitrogen and oxygen atoms in total. The van der Waals surface area contributed by atoms with E-state index in [1.807, 2.05) is 0 Å². The highest BCUT2D eigenvalue weighted by Crippen LogP contribution is 2.31. The molecule has 0 bridgehead atoms. The number of hydrogen-bond donors (Lipinski definition) is 1. The maximum absolute atomic E-state index is 12.0. The van der Waals surface area contributed by atoms with Crippen molar-refractivity contribution in [1.29, 1.82) is 0 Å². The van der Waals surface area contributed by atoms with Gasteiger partial charge in [0.05, 0.1) is 9.80 Å². The first-order chi connectivity index (χ1) is 9.90. The van der Waals surface area contributed by atoms with Crippen LogP contribution in [0.2, 0.25) is 0 Å². The van der Waals surface area contributed by atoms with Gasteiger partial charge in [0.1, 0.15) is 5.52 Å². The number of aromatic amines is 1. The van der Waals surface area contributed by atoms with E-state index in [2.05, 4.69) is 9.97 Å². The quantitative estimate of drug-likeness (QED) is 0.549. The summed E-state index contributed by atoms with van der Waals surface area (Å²) in [6.45, 7) is 0. The fraction of sp³-hybridized carbons (Fsp3) is 0.182. The molecular formula is C11H9N5O4S. The average Bonchev–Trinajstić information content (AvgIpc) is 3.08. The lowest BCUT2D eigenvalue weighted by Gasteiger charge is -2.00. The summed E-state index contributed by atoms with van der Waals surface area (Å²) in [7, 11) is 2.88. The predicted octanol–water partition coefficient (Wildman–Crippen LogP) is 0.597. The Morgan fingerprint density at radius 2 is 2.00 bits per heavy atom. The molecule has 0 saturated heterocycles. The van der Waals surface area contributed by atoms with E-state index in [0.29, 0.717) is 10.7 Å². The molecule has 3 heterocycles. The van der Waals surface area contributed by atoms with Crippen LogP contribution in [0.3, 0.4) is 0 Å². The van der Waals surface area contributed by atoms with Crippen LogP contribution >= 0.6 is 11.3 Å². The molecular weight excluding hydrogens is 298 g/mol. The van der Waals surface area contributed by atoms with Crippen LogP contribution in [0.4, 0.5) is 5.00 Å². The minimum absolute atomic E-state index is 0.0211. The zero-order valence-corrected chi connectivity index (χ0v) is 11.8. The van der Waals surface area contributed by atoms with Gasteiger partial charge in [-0.2, -0.15) is 0 Å². The predicted molar refractivity (Wildman–Crippen MR) is 76.5 cm³/mol. The normalized spacial score (nSPS) is 11.1. The van der Waals surface area contributed by atoms with Crippen LogP contribution in [0.15, 0.2) is 21.7 Å². The summed E-state index contributed by atoms with van der Waals surface area (Å²) in [5, 5.41) is 10.7. The zero-order valence-electron chi connectivity index (χ0n) is 11.0. The molecule has 21 heavy (non-hydrogen) atoms. The second-order valence-corrected chi connectivity index (χ2v) is 5.45. The summed E-state index contributed by atoms with van der Waals surface area (Å²) in [5.41, 5.74) is -0.569. The minimum Gasteiger partial charge on any atom is -0.331 e. The Morgan fingerprint density at radius 3 is 2.62 bits per heavy atom. The van der Waals surface area contributed by atoms with Crippen LogP contribution in [-0.4, -0.2) is 24.0 Å². The first kappa shape index (κ1) is 13.2. The monoisotopic (exact) mass is 307 g/mol. The smallest absolute Gasteiger partial charge is 0.331 e. The van der Waals surface area contributed by atoms with Gasteiger partial charge in [-0.25, -0.2) is 9.78 Å². The van der Waals surface area contributed by atoms with Gasteiger partial charge in [-0.15, -0.1) is 0 Å². The molecule has 108 valence electrons. The van der Waals surface area contributed by atoms with Crippen molar-refractivity contribution in [2.75, 3.05) is 0 Å². The molecule has 0 unspecified atom stereocenters. The molecule has 10 heteroatoms. The van der Waals surface area contributed by atoms with E-state index >= 15 is 0 Å². The number of H-pyrrole nitrogens is 1. The van der Waals surface area contributed by atoms with Gasteiger partial charge >= 0.3 is 10.7 Å². The topological polar surface area (TPSA) is 116 Å². The van der Waals surface area contributed by atoms with Crippen molar-refractivity contribution in [3.05, 3.63) is 43.1 Å². The second-order valence-electron chi connectivity index (χ2n) is 4.38. The highest BCUT2D eigenvalue weighted by molar-refractivity contribution is 7.18. The summed E-state index contributed by atoms with van der Waals surface area (Å²) < 4.78 is 2.22. The highest BCUT2D eigenvalue weighted by atomic mass is 32.1. The lowest BCUT2D eigenvalue weighted by molar-refractivity contribution is -0.380. The van der Waals surface area contributed by atoms with Crippen LogP contribution in [0, 0.1) is 10.1 Å². The Hall–Kier alpha value is -2.75. The van der Waals surface area contributed by atoms with Gasteiger partial charge < -0.3 is 4.98 Å². The number of nitrogens with zero attached hydrogens (tertiary/aromatic N) is 4. The van der Waals surface area contributed by atoms with Gasteiger partial charge in [0, 0.05) is 20.2 Å². The van der Waals surface area contributed by atoms with Crippen LogP contribution < -0.4 is 11.2 Å². The molecule has 0 spiro atoms. The van der Waals surface area contributed by atoms with E-state index in [9.17, 15) is 19.7 Å². The van der Waals surface area contributed by atoms with Crippen molar-refractivity contribution in [2.45, 2.75) is 0 Å². The van der Waals surface area contributed by atoms with Gasteiger partial charge in [0.2, 0.25) is 0 Å². The third kappa shape index (κ3) is 1.88. The van der Waals surface area contributed by atoms with Gasteiger partial charge in [0.15, 0.2) is 11.5 Å². The third-order valence-electron chi connectivity index (χ3n) is 3.10. The maximum Gasteiger partial charge on any atom is 0.332 e. The van der Waals surface area contributed by atoms with Crippen molar-refractivity contribution in [3.8, 4) is 10.7 Å². The van der Waals surface area contributed by atoms with Gasteiger partial charge in [0.25, 0.3) is 5.56 Å². The van der Waals surface area contributed by atoms with Crippen LogP contribution in [0.1, 0.15) is 0 Å². The van der Waals surface area contributed by atoms with E-state index in [1.165, 1.54) is 24.7 Å². The number of nitrogens with one attached hydrogen (secondary N) is 1.